The molecule has 2 N–H and O–H groups in total. The molecule has 0 heterocycles. The summed E-state index contributed by atoms with van der Waals surface area (Å²) in [6.07, 6.45) is 0. The molecule has 0 saturated heterocycles. The number of ether oxygens (including phenoxy) is 1. The van der Waals surface area contributed by atoms with Crippen LogP contribution in [-0.4, -0.2) is 23.4 Å². The van der Waals surface area contributed by atoms with Gasteiger partial charge in [-0.15, -0.1) is 11.6 Å². The van der Waals surface area contributed by atoms with Gasteiger partial charge in [-0.25, -0.2) is 0 Å². The molecule has 0 aliphatic carbocycles. The van der Waals surface area contributed by atoms with Gasteiger partial charge in [0, 0.05) is 5.56 Å². The van der Waals surface area contributed by atoms with Crippen LogP contribution in [0.4, 0.5) is 0 Å². The number of phenols is 1. The molecule has 0 atom stereocenters. The van der Waals surface area contributed by atoms with Gasteiger partial charge in [0.25, 0.3) is 0 Å². The van der Waals surface area contributed by atoms with Crippen molar-refractivity contribution in [3.05, 3.63) is 22.3 Å². The average Bonchev–Trinajstić information content (AvgIpc) is 2.29. The highest BCUT2D eigenvalue weighted by molar-refractivity contribution is 6.17. The van der Waals surface area contributed by atoms with Crippen LogP contribution in [0.3, 0.4) is 0 Å². The minimum atomic E-state index is -0.0415. The lowest BCUT2D eigenvalue weighted by atomic mass is 9.98. The Labute approximate surface area is 101 Å². The van der Waals surface area contributed by atoms with Crippen LogP contribution in [-0.2, 0) is 5.88 Å². The van der Waals surface area contributed by atoms with Crippen LogP contribution >= 0.6 is 11.6 Å². The van der Waals surface area contributed by atoms with Crippen molar-refractivity contribution in [1.82, 2.24) is 0 Å². The molecule has 0 radical (unpaired) electrons. The van der Waals surface area contributed by atoms with Crippen molar-refractivity contribution in [1.29, 1.82) is 0 Å². The standard InChI is InChI=1S/C12H17ClO3/c1-7-8(2)12(16-5-4-14)10(6-13)9(3)11(7)15/h14-15H,4-6H2,1-3H3. The maximum atomic E-state index is 9.89. The van der Waals surface area contributed by atoms with Gasteiger partial charge >= 0.3 is 0 Å². The van der Waals surface area contributed by atoms with Gasteiger partial charge in [0.05, 0.1) is 12.5 Å². The molecule has 0 bridgehead atoms. The maximum Gasteiger partial charge on any atom is 0.127 e. The minimum Gasteiger partial charge on any atom is -0.507 e. The lowest BCUT2D eigenvalue weighted by molar-refractivity contribution is 0.199. The number of aliphatic hydroxyl groups excluding tert-OH is 1. The second kappa shape index (κ2) is 5.41. The molecule has 0 aliphatic rings. The number of hydrogen-bond acceptors (Lipinski definition) is 3. The molecular formula is C12H17ClO3. The third-order valence-electron chi connectivity index (χ3n) is 2.81. The molecule has 1 aromatic rings. The quantitative estimate of drug-likeness (QED) is 0.800. The SMILES string of the molecule is Cc1c(C)c(OCCO)c(CCl)c(C)c1O. The Hall–Kier alpha value is -0.930. The number of hydrogen-bond donors (Lipinski definition) is 2. The summed E-state index contributed by atoms with van der Waals surface area (Å²) in [4.78, 5) is 0. The maximum absolute atomic E-state index is 9.89. The summed E-state index contributed by atoms with van der Waals surface area (Å²) in [6.45, 7) is 5.71. The molecule has 16 heavy (non-hydrogen) atoms. The number of halogens is 1. The van der Waals surface area contributed by atoms with Crippen LogP contribution in [0.25, 0.3) is 0 Å². The second-order valence-corrected chi connectivity index (χ2v) is 4.00. The van der Waals surface area contributed by atoms with E-state index < -0.39 is 0 Å². The van der Waals surface area contributed by atoms with Crippen molar-refractivity contribution in [3.63, 3.8) is 0 Å². The molecule has 4 heteroatoms. The summed E-state index contributed by atoms with van der Waals surface area (Å²) < 4.78 is 5.48. The number of aromatic hydroxyl groups is 1. The third kappa shape index (κ3) is 2.25. The first-order valence-corrected chi connectivity index (χ1v) is 5.69. The van der Waals surface area contributed by atoms with Crippen molar-refractivity contribution in [2.45, 2.75) is 26.7 Å². The number of aliphatic hydroxyl groups is 1. The number of rotatable bonds is 4. The summed E-state index contributed by atoms with van der Waals surface area (Å²) in [6, 6.07) is 0. The van der Waals surface area contributed by atoms with Crippen LogP contribution in [0.5, 0.6) is 11.5 Å². The van der Waals surface area contributed by atoms with Crippen molar-refractivity contribution in [2.24, 2.45) is 0 Å². The van der Waals surface area contributed by atoms with Gasteiger partial charge in [-0.2, -0.15) is 0 Å². The van der Waals surface area contributed by atoms with E-state index in [1.165, 1.54) is 0 Å². The van der Waals surface area contributed by atoms with E-state index >= 15 is 0 Å². The highest BCUT2D eigenvalue weighted by Gasteiger charge is 2.17. The fourth-order valence-electron chi connectivity index (χ4n) is 1.67. The van der Waals surface area contributed by atoms with E-state index in [4.69, 9.17) is 21.4 Å². The fraction of sp³-hybridized carbons (Fsp3) is 0.500. The smallest absolute Gasteiger partial charge is 0.127 e. The van der Waals surface area contributed by atoms with Crippen LogP contribution in [0.2, 0.25) is 0 Å². The molecule has 0 unspecified atom stereocenters. The van der Waals surface area contributed by atoms with E-state index in [9.17, 15) is 5.11 Å². The first-order valence-electron chi connectivity index (χ1n) is 5.15. The number of alkyl halides is 1. The molecule has 0 aromatic heterocycles. The van der Waals surface area contributed by atoms with Gasteiger partial charge in [0.15, 0.2) is 0 Å². The van der Waals surface area contributed by atoms with Crippen LogP contribution < -0.4 is 4.74 Å². The zero-order valence-corrected chi connectivity index (χ0v) is 10.6. The van der Waals surface area contributed by atoms with E-state index in [1.54, 1.807) is 0 Å². The summed E-state index contributed by atoms with van der Waals surface area (Å²) in [5, 5.41) is 18.7. The fourth-order valence-corrected chi connectivity index (χ4v) is 1.99. The highest BCUT2D eigenvalue weighted by Crippen LogP contribution is 2.37. The zero-order chi connectivity index (χ0) is 12.3. The summed E-state index contributed by atoms with van der Waals surface area (Å²) in [5.41, 5.74) is 3.19. The Morgan fingerprint density at radius 3 is 2.25 bits per heavy atom. The average molecular weight is 245 g/mol. The Kier molecular flexibility index (Phi) is 4.44. The largest absolute Gasteiger partial charge is 0.507 e. The second-order valence-electron chi connectivity index (χ2n) is 3.74. The van der Waals surface area contributed by atoms with E-state index in [0.717, 1.165) is 22.3 Å². The Morgan fingerprint density at radius 2 is 1.75 bits per heavy atom. The molecule has 0 amide bonds. The molecule has 0 saturated carbocycles. The van der Waals surface area contributed by atoms with Crippen molar-refractivity contribution in [2.75, 3.05) is 13.2 Å². The molecule has 3 nitrogen and oxygen atoms in total. The van der Waals surface area contributed by atoms with Crippen molar-refractivity contribution >= 4 is 11.6 Å². The summed E-state index contributed by atoms with van der Waals surface area (Å²) in [5.74, 6) is 1.22. The number of benzene rings is 1. The summed E-state index contributed by atoms with van der Waals surface area (Å²) >= 11 is 5.86. The Bertz CT molecular complexity index is 389. The first kappa shape index (κ1) is 13.1. The molecule has 90 valence electrons. The highest BCUT2D eigenvalue weighted by atomic mass is 35.5. The van der Waals surface area contributed by atoms with Crippen LogP contribution in [0, 0.1) is 20.8 Å². The zero-order valence-electron chi connectivity index (χ0n) is 9.80. The van der Waals surface area contributed by atoms with Gasteiger partial charge < -0.3 is 14.9 Å². The number of phenolic OH excluding ortho intramolecular Hbond substituents is 1. The van der Waals surface area contributed by atoms with E-state index in [2.05, 4.69) is 0 Å². The normalized spacial score (nSPS) is 10.6. The summed E-state index contributed by atoms with van der Waals surface area (Å²) in [7, 11) is 0. The predicted molar refractivity (Wildman–Crippen MR) is 64.5 cm³/mol. The van der Waals surface area contributed by atoms with Gasteiger partial charge in [-0.05, 0) is 37.5 Å². The third-order valence-corrected chi connectivity index (χ3v) is 3.08. The van der Waals surface area contributed by atoms with E-state index in [1.807, 2.05) is 20.8 Å². The molecule has 1 rings (SSSR count). The Balaban J connectivity index is 3.33. The van der Waals surface area contributed by atoms with Crippen LogP contribution in [0.15, 0.2) is 0 Å². The monoisotopic (exact) mass is 244 g/mol. The molecule has 0 spiro atoms. The topological polar surface area (TPSA) is 49.7 Å². The van der Waals surface area contributed by atoms with Gasteiger partial charge in [-0.1, -0.05) is 0 Å². The minimum absolute atomic E-state index is 0.0415. The van der Waals surface area contributed by atoms with Crippen LogP contribution in [0.1, 0.15) is 22.3 Å². The lowest BCUT2D eigenvalue weighted by Crippen LogP contribution is -2.07. The molecule has 1 aromatic carbocycles. The first-order chi connectivity index (χ1) is 7.54. The lowest BCUT2D eigenvalue weighted by Gasteiger charge is -2.18. The molecule has 0 fully saturated rings. The molecular weight excluding hydrogens is 228 g/mol. The van der Waals surface area contributed by atoms with Crippen molar-refractivity contribution < 1.29 is 14.9 Å². The predicted octanol–water partition coefficient (Wildman–Crippen LogP) is 2.43. The molecule has 0 aliphatic heterocycles. The van der Waals surface area contributed by atoms with Gasteiger partial charge in [-0.3, -0.25) is 0 Å². The Morgan fingerprint density at radius 1 is 1.12 bits per heavy atom. The van der Waals surface area contributed by atoms with E-state index in [0.29, 0.717) is 5.75 Å². The van der Waals surface area contributed by atoms with Crippen molar-refractivity contribution in [3.8, 4) is 11.5 Å². The van der Waals surface area contributed by atoms with E-state index in [-0.39, 0.29) is 24.8 Å². The van der Waals surface area contributed by atoms with Gasteiger partial charge in [0.2, 0.25) is 0 Å². The van der Waals surface area contributed by atoms with Gasteiger partial charge in [0.1, 0.15) is 18.1 Å².